The first kappa shape index (κ1) is 12.5. The third-order valence-electron chi connectivity index (χ3n) is 2.39. The first-order chi connectivity index (χ1) is 8.61. The molecular formula is C13H9ClFNO2. The van der Waals surface area contributed by atoms with Gasteiger partial charge in [0.15, 0.2) is 0 Å². The van der Waals surface area contributed by atoms with E-state index in [0.29, 0.717) is 16.3 Å². The second-order valence-electron chi connectivity index (χ2n) is 3.55. The minimum absolute atomic E-state index is 0.283. The van der Waals surface area contributed by atoms with Gasteiger partial charge >= 0.3 is 5.97 Å². The highest BCUT2D eigenvalue weighted by Gasteiger charge is 2.11. The molecule has 2 rings (SSSR count). The van der Waals surface area contributed by atoms with Gasteiger partial charge in [-0.2, -0.15) is 0 Å². The van der Waals surface area contributed by atoms with Crippen LogP contribution in [0.5, 0.6) is 0 Å². The summed E-state index contributed by atoms with van der Waals surface area (Å²) in [7, 11) is 1.28. The second kappa shape index (κ2) is 5.14. The van der Waals surface area contributed by atoms with E-state index in [1.54, 1.807) is 6.07 Å². The summed E-state index contributed by atoms with van der Waals surface area (Å²) in [6, 6.07) is 7.25. The van der Waals surface area contributed by atoms with Crippen LogP contribution >= 0.6 is 11.6 Å². The second-order valence-corrected chi connectivity index (χ2v) is 3.98. The van der Waals surface area contributed by atoms with Gasteiger partial charge in [-0.15, -0.1) is 0 Å². The van der Waals surface area contributed by atoms with E-state index in [0.717, 1.165) is 0 Å². The molecule has 0 aliphatic heterocycles. The number of aromatic nitrogens is 1. The van der Waals surface area contributed by atoms with Crippen LogP contribution in [-0.2, 0) is 4.74 Å². The fourth-order valence-corrected chi connectivity index (χ4v) is 1.68. The molecule has 0 radical (unpaired) electrons. The number of rotatable bonds is 2. The predicted molar refractivity (Wildman–Crippen MR) is 66.0 cm³/mol. The summed E-state index contributed by atoms with van der Waals surface area (Å²) in [6.07, 6.45) is 1.43. The maximum absolute atomic E-state index is 13.7. The van der Waals surface area contributed by atoms with Crippen molar-refractivity contribution in [2.45, 2.75) is 0 Å². The van der Waals surface area contributed by atoms with E-state index in [1.165, 1.54) is 37.6 Å². The van der Waals surface area contributed by atoms with Crippen molar-refractivity contribution >= 4 is 17.6 Å². The largest absolute Gasteiger partial charge is 0.465 e. The van der Waals surface area contributed by atoms with E-state index < -0.39 is 11.8 Å². The number of pyridine rings is 1. The van der Waals surface area contributed by atoms with Gasteiger partial charge in [-0.1, -0.05) is 11.6 Å². The number of ether oxygens (including phenoxy) is 1. The van der Waals surface area contributed by atoms with Crippen LogP contribution in [-0.4, -0.2) is 18.1 Å². The number of esters is 1. The average Bonchev–Trinajstić information content (AvgIpc) is 2.38. The smallest absolute Gasteiger partial charge is 0.337 e. The van der Waals surface area contributed by atoms with E-state index in [1.807, 2.05) is 0 Å². The van der Waals surface area contributed by atoms with E-state index in [9.17, 15) is 9.18 Å². The normalized spacial score (nSPS) is 10.2. The standard InChI is InChI=1S/C13H9ClFNO2/c1-18-13(17)8-4-5-16-12(6-8)10-3-2-9(14)7-11(10)15/h2-7H,1H3. The highest BCUT2D eigenvalue weighted by Crippen LogP contribution is 2.24. The van der Waals surface area contributed by atoms with Crippen molar-refractivity contribution in [3.63, 3.8) is 0 Å². The number of carbonyl (C=O) groups excluding carboxylic acids is 1. The number of methoxy groups -OCH3 is 1. The van der Waals surface area contributed by atoms with Gasteiger partial charge in [0.2, 0.25) is 0 Å². The predicted octanol–water partition coefficient (Wildman–Crippen LogP) is 3.33. The molecule has 0 aliphatic carbocycles. The Morgan fingerprint density at radius 1 is 1.33 bits per heavy atom. The molecule has 0 atom stereocenters. The zero-order valence-electron chi connectivity index (χ0n) is 9.48. The van der Waals surface area contributed by atoms with E-state index in [4.69, 9.17) is 11.6 Å². The minimum Gasteiger partial charge on any atom is -0.465 e. The fraction of sp³-hybridized carbons (Fsp3) is 0.0769. The topological polar surface area (TPSA) is 39.2 Å². The van der Waals surface area contributed by atoms with Crippen molar-refractivity contribution in [1.29, 1.82) is 0 Å². The molecule has 1 aromatic carbocycles. The summed E-state index contributed by atoms with van der Waals surface area (Å²) < 4.78 is 18.3. The molecule has 0 spiro atoms. The maximum Gasteiger partial charge on any atom is 0.337 e. The van der Waals surface area contributed by atoms with Crippen molar-refractivity contribution in [3.8, 4) is 11.3 Å². The third kappa shape index (κ3) is 2.49. The zero-order valence-corrected chi connectivity index (χ0v) is 10.2. The van der Waals surface area contributed by atoms with E-state index in [-0.39, 0.29) is 5.56 Å². The lowest BCUT2D eigenvalue weighted by Gasteiger charge is -2.05. The molecule has 18 heavy (non-hydrogen) atoms. The van der Waals surface area contributed by atoms with Crippen LogP contribution in [0, 0.1) is 5.82 Å². The Hall–Kier alpha value is -1.94. The van der Waals surface area contributed by atoms with Crippen LogP contribution in [0.4, 0.5) is 4.39 Å². The highest BCUT2D eigenvalue weighted by molar-refractivity contribution is 6.30. The molecule has 0 amide bonds. The number of benzene rings is 1. The number of halogens is 2. The van der Waals surface area contributed by atoms with Gasteiger partial charge in [-0.25, -0.2) is 9.18 Å². The van der Waals surface area contributed by atoms with Gasteiger partial charge in [0.1, 0.15) is 5.82 Å². The zero-order chi connectivity index (χ0) is 13.1. The monoisotopic (exact) mass is 265 g/mol. The first-order valence-electron chi connectivity index (χ1n) is 5.11. The van der Waals surface area contributed by atoms with Crippen LogP contribution in [0.25, 0.3) is 11.3 Å². The number of nitrogens with zero attached hydrogens (tertiary/aromatic N) is 1. The highest BCUT2D eigenvalue weighted by atomic mass is 35.5. The van der Waals surface area contributed by atoms with Crippen molar-refractivity contribution in [1.82, 2.24) is 4.98 Å². The first-order valence-corrected chi connectivity index (χ1v) is 5.49. The Balaban J connectivity index is 2.48. The molecule has 2 aromatic rings. The summed E-state index contributed by atoms with van der Waals surface area (Å²) in [5.74, 6) is -0.981. The minimum atomic E-state index is -0.493. The lowest BCUT2D eigenvalue weighted by Crippen LogP contribution is -2.02. The summed E-state index contributed by atoms with van der Waals surface area (Å²) in [5, 5.41) is 0.306. The molecule has 1 heterocycles. The Kier molecular flexibility index (Phi) is 3.58. The maximum atomic E-state index is 13.7. The van der Waals surface area contributed by atoms with Crippen molar-refractivity contribution in [3.05, 3.63) is 52.9 Å². The molecule has 92 valence electrons. The molecule has 3 nitrogen and oxygen atoms in total. The molecule has 5 heteroatoms. The molecule has 0 saturated carbocycles. The van der Waals surface area contributed by atoms with Gasteiger partial charge in [0.05, 0.1) is 18.4 Å². The Morgan fingerprint density at radius 2 is 2.11 bits per heavy atom. The van der Waals surface area contributed by atoms with Crippen LogP contribution in [0.3, 0.4) is 0 Å². The van der Waals surface area contributed by atoms with Crippen molar-refractivity contribution in [2.24, 2.45) is 0 Å². The summed E-state index contributed by atoms with van der Waals surface area (Å²) in [5.41, 5.74) is 0.953. The molecule has 0 N–H and O–H groups in total. The summed E-state index contributed by atoms with van der Waals surface area (Å²) >= 11 is 5.67. The Labute approximate surface area is 108 Å². The molecule has 0 fully saturated rings. The van der Waals surface area contributed by atoms with Crippen LogP contribution in [0.15, 0.2) is 36.5 Å². The molecule has 0 saturated heterocycles. The fourth-order valence-electron chi connectivity index (χ4n) is 1.52. The van der Waals surface area contributed by atoms with Crippen LogP contribution < -0.4 is 0 Å². The van der Waals surface area contributed by atoms with E-state index in [2.05, 4.69) is 9.72 Å². The quantitative estimate of drug-likeness (QED) is 0.782. The summed E-state index contributed by atoms with van der Waals surface area (Å²) in [4.78, 5) is 15.4. The van der Waals surface area contributed by atoms with E-state index >= 15 is 0 Å². The van der Waals surface area contributed by atoms with Crippen molar-refractivity contribution in [2.75, 3.05) is 7.11 Å². The number of hydrogen-bond acceptors (Lipinski definition) is 3. The van der Waals surface area contributed by atoms with Gasteiger partial charge in [-0.3, -0.25) is 4.98 Å². The van der Waals surface area contributed by atoms with Crippen molar-refractivity contribution < 1.29 is 13.9 Å². The van der Waals surface area contributed by atoms with Crippen LogP contribution in [0.1, 0.15) is 10.4 Å². The molecule has 0 aliphatic rings. The van der Waals surface area contributed by atoms with Gasteiger partial charge < -0.3 is 4.74 Å². The van der Waals surface area contributed by atoms with Crippen LogP contribution in [0.2, 0.25) is 5.02 Å². The summed E-state index contributed by atoms with van der Waals surface area (Å²) in [6.45, 7) is 0. The number of hydrogen-bond donors (Lipinski definition) is 0. The van der Waals surface area contributed by atoms with Gasteiger partial charge in [0.25, 0.3) is 0 Å². The lowest BCUT2D eigenvalue weighted by molar-refractivity contribution is 0.0600. The SMILES string of the molecule is COC(=O)c1ccnc(-c2ccc(Cl)cc2F)c1. The Bertz CT molecular complexity index is 601. The average molecular weight is 266 g/mol. The molecule has 0 bridgehead atoms. The van der Waals surface area contributed by atoms with Gasteiger partial charge in [-0.05, 0) is 30.3 Å². The molecular weight excluding hydrogens is 257 g/mol. The molecule has 1 aromatic heterocycles. The molecule has 0 unspecified atom stereocenters. The number of carbonyl (C=O) groups is 1. The van der Waals surface area contributed by atoms with Gasteiger partial charge in [0, 0.05) is 16.8 Å². The Morgan fingerprint density at radius 3 is 2.78 bits per heavy atom. The third-order valence-corrected chi connectivity index (χ3v) is 2.62. The lowest BCUT2D eigenvalue weighted by atomic mass is 10.1.